The molecule has 27 heavy (non-hydrogen) atoms. The summed E-state index contributed by atoms with van der Waals surface area (Å²) in [6.45, 7) is 4.71. The number of benzene rings is 2. The van der Waals surface area contributed by atoms with E-state index in [2.05, 4.69) is 42.2 Å². The summed E-state index contributed by atoms with van der Waals surface area (Å²) in [5, 5.41) is 4.74. The molecule has 2 aromatic carbocycles. The van der Waals surface area contributed by atoms with Crippen molar-refractivity contribution in [1.29, 1.82) is 0 Å². The Morgan fingerprint density at radius 2 is 1.93 bits per heavy atom. The topological polar surface area (TPSA) is 59.2 Å². The number of carbonyl (C=O) groups excluding carboxylic acids is 1. The molecule has 0 radical (unpaired) electrons. The molecule has 1 aliphatic rings. The van der Waals surface area contributed by atoms with Gasteiger partial charge < -0.3 is 9.42 Å². The smallest absolute Gasteiger partial charge is 0.249 e. The lowest BCUT2D eigenvalue weighted by molar-refractivity contribution is -0.129. The number of hydrogen-bond donors (Lipinski definition) is 0. The monoisotopic (exact) mass is 381 g/mol. The maximum atomic E-state index is 12.4. The zero-order chi connectivity index (χ0) is 19.0. The fraction of sp³-hybridized carbons (Fsp3) is 0.286. The Morgan fingerprint density at radius 1 is 1.15 bits per heavy atom. The fourth-order valence-corrected chi connectivity index (χ4v) is 3.50. The molecular formula is C21H20ClN3O2. The minimum Gasteiger partial charge on any atom is -0.337 e. The summed E-state index contributed by atoms with van der Waals surface area (Å²) in [5.74, 6) is 1.10. The molecule has 1 fully saturated rings. The molecule has 5 nitrogen and oxygen atoms in total. The molecule has 1 aliphatic heterocycles. The van der Waals surface area contributed by atoms with E-state index in [-0.39, 0.29) is 11.9 Å². The molecule has 6 heteroatoms. The standard InChI is InChI=1S/C21H20ClN3O2/c1-13-3-4-15(11-14(13)2)12-25-18(9-10-19(25)26)21-23-20(24-27-21)16-5-7-17(22)8-6-16/h3-8,11,18H,9-10,12H2,1-2H3. The fourth-order valence-electron chi connectivity index (χ4n) is 3.37. The highest BCUT2D eigenvalue weighted by atomic mass is 35.5. The van der Waals surface area contributed by atoms with E-state index in [9.17, 15) is 4.79 Å². The minimum absolute atomic E-state index is 0.115. The number of halogens is 1. The van der Waals surface area contributed by atoms with Gasteiger partial charge in [-0.05, 0) is 61.2 Å². The predicted molar refractivity (Wildman–Crippen MR) is 103 cm³/mol. The zero-order valence-corrected chi connectivity index (χ0v) is 16.0. The van der Waals surface area contributed by atoms with E-state index < -0.39 is 0 Å². The number of aryl methyl sites for hydroxylation is 2. The molecule has 3 aromatic rings. The second-order valence-corrected chi connectivity index (χ2v) is 7.39. The van der Waals surface area contributed by atoms with Crippen molar-refractivity contribution in [2.24, 2.45) is 0 Å². The lowest BCUT2D eigenvalue weighted by Gasteiger charge is -2.22. The zero-order valence-electron chi connectivity index (χ0n) is 15.3. The molecule has 4 rings (SSSR count). The third-order valence-corrected chi connectivity index (χ3v) is 5.33. The second-order valence-electron chi connectivity index (χ2n) is 6.96. The molecule has 0 bridgehead atoms. The van der Waals surface area contributed by atoms with Crippen molar-refractivity contribution in [2.45, 2.75) is 39.3 Å². The molecule has 1 atom stereocenters. The van der Waals surface area contributed by atoms with E-state index in [1.807, 2.05) is 17.0 Å². The normalized spacial score (nSPS) is 16.9. The molecule has 1 amide bonds. The van der Waals surface area contributed by atoms with E-state index in [0.29, 0.717) is 36.1 Å². The number of aromatic nitrogens is 2. The third-order valence-electron chi connectivity index (χ3n) is 5.08. The van der Waals surface area contributed by atoms with Gasteiger partial charge in [0, 0.05) is 23.6 Å². The van der Waals surface area contributed by atoms with Crippen molar-refractivity contribution in [3.63, 3.8) is 0 Å². The van der Waals surface area contributed by atoms with Crippen LogP contribution >= 0.6 is 11.6 Å². The first-order valence-electron chi connectivity index (χ1n) is 8.96. The Hall–Kier alpha value is -2.66. The molecule has 0 N–H and O–H groups in total. The van der Waals surface area contributed by atoms with Gasteiger partial charge in [0.25, 0.3) is 0 Å². The number of rotatable bonds is 4. The lowest BCUT2D eigenvalue weighted by atomic mass is 10.1. The maximum Gasteiger partial charge on any atom is 0.249 e. The van der Waals surface area contributed by atoms with Crippen molar-refractivity contribution in [3.05, 3.63) is 70.1 Å². The van der Waals surface area contributed by atoms with Crippen LogP contribution < -0.4 is 0 Å². The van der Waals surface area contributed by atoms with Gasteiger partial charge in [-0.2, -0.15) is 4.98 Å². The van der Waals surface area contributed by atoms with Crippen LogP contribution in [0.3, 0.4) is 0 Å². The van der Waals surface area contributed by atoms with Crippen LogP contribution in [0.2, 0.25) is 5.02 Å². The molecule has 1 saturated heterocycles. The van der Waals surface area contributed by atoms with Crippen LogP contribution in [0.1, 0.15) is 41.5 Å². The summed E-state index contributed by atoms with van der Waals surface area (Å²) in [7, 11) is 0. The molecule has 2 heterocycles. The Balaban J connectivity index is 1.57. The highest BCUT2D eigenvalue weighted by Crippen LogP contribution is 2.34. The number of nitrogens with zero attached hydrogens (tertiary/aromatic N) is 3. The number of hydrogen-bond acceptors (Lipinski definition) is 4. The third kappa shape index (κ3) is 3.60. The highest BCUT2D eigenvalue weighted by molar-refractivity contribution is 6.30. The molecule has 0 aliphatic carbocycles. The summed E-state index contributed by atoms with van der Waals surface area (Å²) in [5.41, 5.74) is 4.40. The average molecular weight is 382 g/mol. The van der Waals surface area contributed by atoms with E-state index in [1.165, 1.54) is 11.1 Å². The molecule has 138 valence electrons. The van der Waals surface area contributed by atoms with Gasteiger partial charge in [0.05, 0.1) is 0 Å². The van der Waals surface area contributed by atoms with Gasteiger partial charge in [0.15, 0.2) is 0 Å². The van der Waals surface area contributed by atoms with Crippen molar-refractivity contribution in [2.75, 3.05) is 0 Å². The minimum atomic E-state index is -0.187. The summed E-state index contributed by atoms with van der Waals surface area (Å²) in [6, 6.07) is 13.4. The first-order valence-corrected chi connectivity index (χ1v) is 9.34. The van der Waals surface area contributed by atoms with E-state index >= 15 is 0 Å². The Labute approximate surface area is 163 Å². The van der Waals surface area contributed by atoms with Crippen molar-refractivity contribution in [3.8, 4) is 11.4 Å². The van der Waals surface area contributed by atoms with Gasteiger partial charge >= 0.3 is 0 Å². The summed E-state index contributed by atoms with van der Waals surface area (Å²) < 4.78 is 5.50. The summed E-state index contributed by atoms with van der Waals surface area (Å²) >= 11 is 5.93. The van der Waals surface area contributed by atoms with E-state index in [1.54, 1.807) is 12.1 Å². The lowest BCUT2D eigenvalue weighted by Crippen LogP contribution is -2.27. The number of amides is 1. The van der Waals surface area contributed by atoms with Crippen LogP contribution in [0.25, 0.3) is 11.4 Å². The van der Waals surface area contributed by atoms with Crippen LogP contribution in [0.5, 0.6) is 0 Å². The maximum absolute atomic E-state index is 12.4. The predicted octanol–water partition coefficient (Wildman–Crippen LogP) is 4.87. The van der Waals surface area contributed by atoms with Gasteiger partial charge in [0.1, 0.15) is 6.04 Å². The first kappa shape index (κ1) is 17.7. The van der Waals surface area contributed by atoms with E-state index in [0.717, 1.165) is 11.1 Å². The van der Waals surface area contributed by atoms with Gasteiger partial charge in [-0.3, -0.25) is 4.79 Å². The summed E-state index contributed by atoms with van der Waals surface area (Å²) in [6.07, 6.45) is 1.18. The van der Waals surface area contributed by atoms with Gasteiger partial charge in [-0.1, -0.05) is 35.0 Å². The quantitative estimate of drug-likeness (QED) is 0.646. The van der Waals surface area contributed by atoms with Crippen LogP contribution in [0.15, 0.2) is 47.0 Å². The van der Waals surface area contributed by atoms with Gasteiger partial charge in [-0.15, -0.1) is 0 Å². The molecule has 1 aromatic heterocycles. The Morgan fingerprint density at radius 3 is 2.67 bits per heavy atom. The average Bonchev–Trinajstić information content (AvgIpc) is 3.27. The van der Waals surface area contributed by atoms with Crippen LogP contribution in [-0.4, -0.2) is 20.9 Å². The number of likely N-dealkylation sites (tertiary alicyclic amines) is 1. The van der Waals surface area contributed by atoms with Crippen LogP contribution in [0, 0.1) is 13.8 Å². The molecule has 1 unspecified atom stereocenters. The first-order chi connectivity index (χ1) is 13.0. The highest BCUT2D eigenvalue weighted by Gasteiger charge is 2.36. The van der Waals surface area contributed by atoms with Gasteiger partial charge in [0.2, 0.25) is 17.6 Å². The van der Waals surface area contributed by atoms with Crippen LogP contribution in [0.4, 0.5) is 0 Å². The number of carbonyl (C=O) groups is 1. The molecular weight excluding hydrogens is 362 g/mol. The summed E-state index contributed by atoms with van der Waals surface area (Å²) in [4.78, 5) is 18.8. The molecule has 0 saturated carbocycles. The van der Waals surface area contributed by atoms with Crippen LogP contribution in [-0.2, 0) is 11.3 Å². The Kier molecular flexibility index (Phi) is 4.70. The van der Waals surface area contributed by atoms with E-state index in [4.69, 9.17) is 16.1 Å². The largest absolute Gasteiger partial charge is 0.337 e. The van der Waals surface area contributed by atoms with Crippen molar-refractivity contribution in [1.82, 2.24) is 15.0 Å². The van der Waals surface area contributed by atoms with Crippen molar-refractivity contribution >= 4 is 17.5 Å². The Bertz CT molecular complexity index is 981. The van der Waals surface area contributed by atoms with Gasteiger partial charge in [-0.25, -0.2) is 0 Å². The van der Waals surface area contributed by atoms with Crippen molar-refractivity contribution < 1.29 is 9.32 Å². The molecule has 0 spiro atoms. The SMILES string of the molecule is Cc1ccc(CN2C(=O)CCC2c2nc(-c3ccc(Cl)cc3)no2)cc1C. The second kappa shape index (κ2) is 7.16.